The number of hydrogen-bond donors (Lipinski definition) is 1. The van der Waals surface area contributed by atoms with E-state index in [4.69, 9.17) is 4.99 Å². The standard InChI is InChI=1S/C19H26BrN5/c1-3-22-19(23-12-16-4-6-17(20)7-5-16)24-10-8-15(2)18(13-24)25-11-9-21-14-25/h4-7,9,11,14-15,18H,3,8,10,12-13H2,1-2H3,(H,22,23). The van der Waals surface area contributed by atoms with Gasteiger partial charge in [-0.1, -0.05) is 35.0 Å². The lowest BCUT2D eigenvalue weighted by Crippen LogP contribution is -2.49. The van der Waals surface area contributed by atoms with E-state index in [1.54, 1.807) is 0 Å². The molecule has 1 aromatic carbocycles. The van der Waals surface area contributed by atoms with Crippen LogP contribution in [0.3, 0.4) is 0 Å². The molecule has 2 heterocycles. The monoisotopic (exact) mass is 403 g/mol. The van der Waals surface area contributed by atoms with Crippen LogP contribution in [0.5, 0.6) is 0 Å². The summed E-state index contributed by atoms with van der Waals surface area (Å²) in [6.07, 6.45) is 7.01. The summed E-state index contributed by atoms with van der Waals surface area (Å²) in [4.78, 5) is 11.5. The molecule has 0 radical (unpaired) electrons. The number of aromatic nitrogens is 2. The van der Waals surface area contributed by atoms with E-state index in [2.05, 4.69) is 80.0 Å². The van der Waals surface area contributed by atoms with Gasteiger partial charge in [0, 0.05) is 36.5 Å². The summed E-state index contributed by atoms with van der Waals surface area (Å²) >= 11 is 3.48. The minimum absolute atomic E-state index is 0.438. The third-order valence-electron chi connectivity index (χ3n) is 4.79. The van der Waals surface area contributed by atoms with Crippen LogP contribution in [0.15, 0.2) is 52.5 Å². The summed E-state index contributed by atoms with van der Waals surface area (Å²) in [5, 5.41) is 3.46. The first-order valence-corrected chi connectivity index (χ1v) is 9.71. The second-order valence-electron chi connectivity index (χ2n) is 6.59. The molecule has 0 amide bonds. The van der Waals surface area contributed by atoms with Crippen LogP contribution in [0, 0.1) is 5.92 Å². The van der Waals surface area contributed by atoms with E-state index in [9.17, 15) is 0 Å². The van der Waals surface area contributed by atoms with E-state index in [0.717, 1.165) is 36.5 Å². The third kappa shape index (κ3) is 4.63. The van der Waals surface area contributed by atoms with E-state index in [1.165, 1.54) is 5.56 Å². The fourth-order valence-corrected chi connectivity index (χ4v) is 3.54. The van der Waals surface area contributed by atoms with E-state index in [1.807, 2.05) is 12.5 Å². The number of rotatable bonds is 4. The van der Waals surface area contributed by atoms with Gasteiger partial charge in [0.15, 0.2) is 5.96 Å². The van der Waals surface area contributed by atoms with E-state index >= 15 is 0 Å². The molecule has 1 N–H and O–H groups in total. The molecule has 134 valence electrons. The molecule has 1 aliphatic rings. The Morgan fingerprint density at radius 3 is 2.84 bits per heavy atom. The summed E-state index contributed by atoms with van der Waals surface area (Å²) in [6.45, 7) is 8.02. The Morgan fingerprint density at radius 2 is 2.16 bits per heavy atom. The highest BCUT2D eigenvalue weighted by molar-refractivity contribution is 9.10. The molecule has 2 aromatic rings. The van der Waals surface area contributed by atoms with E-state index < -0.39 is 0 Å². The fourth-order valence-electron chi connectivity index (χ4n) is 3.28. The van der Waals surface area contributed by atoms with Crippen molar-refractivity contribution < 1.29 is 0 Å². The molecule has 1 aromatic heterocycles. The zero-order chi connectivity index (χ0) is 17.6. The van der Waals surface area contributed by atoms with Crippen molar-refractivity contribution in [2.45, 2.75) is 32.9 Å². The number of aliphatic imine (C=N–C) groups is 1. The molecule has 0 aliphatic carbocycles. The zero-order valence-electron chi connectivity index (χ0n) is 14.9. The maximum atomic E-state index is 4.87. The van der Waals surface area contributed by atoms with Gasteiger partial charge in [-0.05, 0) is 37.0 Å². The Bertz CT molecular complexity index is 680. The summed E-state index contributed by atoms with van der Waals surface area (Å²) < 4.78 is 3.33. The van der Waals surface area contributed by atoms with Crippen molar-refractivity contribution in [3.05, 3.63) is 53.0 Å². The average Bonchev–Trinajstić information content (AvgIpc) is 3.15. The van der Waals surface area contributed by atoms with Crippen LogP contribution in [0.4, 0.5) is 0 Å². The lowest BCUT2D eigenvalue weighted by atomic mass is 9.93. The SMILES string of the molecule is CCNC(=NCc1ccc(Br)cc1)N1CCC(C)C(n2ccnc2)C1. The Morgan fingerprint density at radius 1 is 1.36 bits per heavy atom. The summed E-state index contributed by atoms with van der Waals surface area (Å²) in [6, 6.07) is 8.80. The van der Waals surface area contributed by atoms with Crippen LogP contribution in [0.2, 0.25) is 0 Å². The molecule has 1 fully saturated rings. The van der Waals surface area contributed by atoms with Crippen LogP contribution in [0.25, 0.3) is 0 Å². The van der Waals surface area contributed by atoms with Crippen molar-refractivity contribution in [1.82, 2.24) is 19.8 Å². The molecule has 2 unspecified atom stereocenters. The Hall–Kier alpha value is -1.82. The van der Waals surface area contributed by atoms with Crippen molar-refractivity contribution >= 4 is 21.9 Å². The highest BCUT2D eigenvalue weighted by Gasteiger charge is 2.28. The van der Waals surface area contributed by atoms with Gasteiger partial charge in [-0.15, -0.1) is 0 Å². The van der Waals surface area contributed by atoms with Crippen molar-refractivity contribution in [3.63, 3.8) is 0 Å². The number of likely N-dealkylation sites (tertiary alicyclic amines) is 1. The Balaban J connectivity index is 1.72. The number of halogens is 1. The predicted octanol–water partition coefficient (Wildman–Crippen LogP) is 3.69. The zero-order valence-corrected chi connectivity index (χ0v) is 16.5. The number of nitrogens with one attached hydrogen (secondary N) is 1. The van der Waals surface area contributed by atoms with Gasteiger partial charge >= 0.3 is 0 Å². The maximum Gasteiger partial charge on any atom is 0.194 e. The van der Waals surface area contributed by atoms with Crippen molar-refractivity contribution in [1.29, 1.82) is 0 Å². The first-order valence-electron chi connectivity index (χ1n) is 8.92. The van der Waals surface area contributed by atoms with Gasteiger partial charge in [0.2, 0.25) is 0 Å². The third-order valence-corrected chi connectivity index (χ3v) is 5.31. The summed E-state index contributed by atoms with van der Waals surface area (Å²) in [5.74, 6) is 1.64. The number of piperidine rings is 1. The number of benzene rings is 1. The van der Waals surface area contributed by atoms with Crippen LogP contribution in [-0.2, 0) is 6.54 Å². The molecule has 0 bridgehead atoms. The summed E-state index contributed by atoms with van der Waals surface area (Å²) in [7, 11) is 0. The predicted molar refractivity (Wildman–Crippen MR) is 106 cm³/mol. The topological polar surface area (TPSA) is 45.5 Å². The van der Waals surface area contributed by atoms with E-state index in [0.29, 0.717) is 18.5 Å². The molecule has 0 spiro atoms. The lowest BCUT2D eigenvalue weighted by molar-refractivity contribution is 0.189. The first-order chi connectivity index (χ1) is 12.2. The van der Waals surface area contributed by atoms with Crippen LogP contribution >= 0.6 is 15.9 Å². The van der Waals surface area contributed by atoms with Gasteiger partial charge in [0.05, 0.1) is 18.9 Å². The van der Waals surface area contributed by atoms with Crippen LogP contribution < -0.4 is 5.32 Å². The number of nitrogens with zero attached hydrogens (tertiary/aromatic N) is 4. The maximum absolute atomic E-state index is 4.87. The number of hydrogen-bond acceptors (Lipinski definition) is 2. The minimum Gasteiger partial charge on any atom is -0.357 e. The molecule has 25 heavy (non-hydrogen) atoms. The molecule has 2 atom stereocenters. The van der Waals surface area contributed by atoms with Gasteiger partial charge < -0.3 is 14.8 Å². The molecular formula is C19H26BrN5. The number of imidazole rings is 1. The van der Waals surface area contributed by atoms with Gasteiger partial charge in [-0.3, -0.25) is 0 Å². The van der Waals surface area contributed by atoms with Gasteiger partial charge in [0.1, 0.15) is 0 Å². The van der Waals surface area contributed by atoms with Crippen LogP contribution in [0.1, 0.15) is 31.9 Å². The first kappa shape index (κ1) is 18.0. The molecule has 3 rings (SSSR count). The molecule has 1 saturated heterocycles. The number of guanidine groups is 1. The smallest absolute Gasteiger partial charge is 0.194 e. The fraction of sp³-hybridized carbons (Fsp3) is 0.474. The van der Waals surface area contributed by atoms with Gasteiger partial charge in [-0.25, -0.2) is 9.98 Å². The average molecular weight is 404 g/mol. The van der Waals surface area contributed by atoms with Crippen molar-refractivity contribution in [3.8, 4) is 0 Å². The largest absolute Gasteiger partial charge is 0.357 e. The Labute approximate surface area is 158 Å². The molecule has 5 nitrogen and oxygen atoms in total. The van der Waals surface area contributed by atoms with E-state index in [-0.39, 0.29) is 0 Å². The molecule has 0 saturated carbocycles. The highest BCUT2D eigenvalue weighted by Crippen LogP contribution is 2.27. The second-order valence-corrected chi connectivity index (χ2v) is 7.50. The highest BCUT2D eigenvalue weighted by atomic mass is 79.9. The molecular weight excluding hydrogens is 378 g/mol. The Kier molecular flexibility index (Phi) is 6.13. The van der Waals surface area contributed by atoms with Gasteiger partial charge in [0.25, 0.3) is 0 Å². The second kappa shape index (κ2) is 8.52. The lowest BCUT2D eigenvalue weighted by Gasteiger charge is -2.39. The van der Waals surface area contributed by atoms with Gasteiger partial charge in [-0.2, -0.15) is 0 Å². The normalized spacial score (nSPS) is 21.4. The quantitative estimate of drug-likeness (QED) is 0.625. The summed E-state index contributed by atoms with van der Waals surface area (Å²) in [5.41, 5.74) is 1.22. The minimum atomic E-state index is 0.438. The van der Waals surface area contributed by atoms with Crippen molar-refractivity contribution in [2.75, 3.05) is 19.6 Å². The van der Waals surface area contributed by atoms with Crippen molar-refractivity contribution in [2.24, 2.45) is 10.9 Å². The van der Waals surface area contributed by atoms with Crippen LogP contribution in [-0.4, -0.2) is 40.0 Å². The molecule has 6 heteroatoms. The molecule has 1 aliphatic heterocycles.